The van der Waals surface area contributed by atoms with Gasteiger partial charge in [0.05, 0.1) is 20.6 Å². The van der Waals surface area contributed by atoms with Crippen LogP contribution in [0.15, 0.2) is 51.8 Å². The summed E-state index contributed by atoms with van der Waals surface area (Å²) in [5, 5.41) is -0.492. The van der Waals surface area contributed by atoms with Gasteiger partial charge in [0, 0.05) is 4.47 Å². The third kappa shape index (κ3) is 3.89. The second-order valence-electron chi connectivity index (χ2n) is 4.81. The summed E-state index contributed by atoms with van der Waals surface area (Å²) in [7, 11) is -4.11. The van der Waals surface area contributed by atoms with Crippen molar-refractivity contribution < 1.29 is 13.2 Å². The Morgan fingerprint density at radius 2 is 1.75 bits per heavy atom. The molecule has 24 heavy (non-hydrogen) atoms. The summed E-state index contributed by atoms with van der Waals surface area (Å²) < 4.78 is 27.6. The van der Waals surface area contributed by atoms with Crippen LogP contribution in [-0.4, -0.2) is 19.7 Å². The molecule has 1 unspecified atom stereocenters. The second-order valence-corrected chi connectivity index (χ2v) is 8.66. The molecule has 0 aliphatic carbocycles. The molecule has 2 aromatic carbocycles. The minimum atomic E-state index is -4.11. The molecule has 0 bridgehead atoms. The van der Waals surface area contributed by atoms with E-state index in [-0.39, 0.29) is 20.6 Å². The summed E-state index contributed by atoms with van der Waals surface area (Å²) >= 11 is 20.6. The second kappa shape index (κ2) is 7.62. The van der Waals surface area contributed by atoms with Crippen molar-refractivity contribution in [3.63, 3.8) is 0 Å². The molecule has 0 spiro atoms. The minimum Gasteiger partial charge on any atom is -0.279 e. The van der Waals surface area contributed by atoms with Crippen LogP contribution in [0.4, 0.5) is 5.69 Å². The van der Waals surface area contributed by atoms with Crippen LogP contribution >= 0.6 is 50.7 Å². The van der Waals surface area contributed by atoms with Gasteiger partial charge in [0.1, 0.15) is 6.04 Å². The molecule has 0 amide bonds. The van der Waals surface area contributed by atoms with E-state index in [1.807, 2.05) is 0 Å². The molecule has 0 N–H and O–H groups in total. The highest BCUT2D eigenvalue weighted by molar-refractivity contribution is 9.10. The molecule has 0 radical (unpaired) electrons. The minimum absolute atomic E-state index is 0.0923. The molecule has 0 fully saturated rings. The van der Waals surface area contributed by atoms with Crippen LogP contribution in [0.1, 0.15) is 6.92 Å². The largest absolute Gasteiger partial charge is 0.279 e. The van der Waals surface area contributed by atoms with E-state index in [2.05, 4.69) is 15.9 Å². The van der Waals surface area contributed by atoms with Crippen LogP contribution in [0.25, 0.3) is 0 Å². The van der Waals surface area contributed by atoms with Crippen molar-refractivity contribution in [1.29, 1.82) is 0 Å². The molecule has 0 saturated heterocycles. The molecule has 2 aromatic rings. The SMILES string of the molecule is CC(C(=O)Cl)N(c1ccccc1Br)S(=O)(=O)c1ccc(Cl)c(Cl)c1. The zero-order chi connectivity index (χ0) is 18.1. The molecule has 0 aliphatic rings. The van der Waals surface area contributed by atoms with Gasteiger partial charge in [0.2, 0.25) is 5.24 Å². The number of hydrogen-bond donors (Lipinski definition) is 0. The lowest BCUT2D eigenvalue weighted by Crippen LogP contribution is -2.42. The maximum atomic E-state index is 13.1. The molecule has 9 heteroatoms. The zero-order valence-corrected chi connectivity index (χ0v) is 16.9. The van der Waals surface area contributed by atoms with Crippen LogP contribution in [0, 0.1) is 0 Å². The van der Waals surface area contributed by atoms with Crippen molar-refractivity contribution in [2.75, 3.05) is 4.31 Å². The van der Waals surface area contributed by atoms with Crippen LogP contribution in [0.3, 0.4) is 0 Å². The fourth-order valence-corrected chi connectivity index (χ4v) is 4.80. The molecule has 0 aliphatic heterocycles. The van der Waals surface area contributed by atoms with Gasteiger partial charge in [0.25, 0.3) is 10.0 Å². The lowest BCUT2D eigenvalue weighted by atomic mass is 10.3. The van der Waals surface area contributed by atoms with Gasteiger partial charge in [-0.05, 0) is 64.8 Å². The van der Waals surface area contributed by atoms with Crippen molar-refractivity contribution in [3.8, 4) is 0 Å². The van der Waals surface area contributed by atoms with Gasteiger partial charge in [-0.2, -0.15) is 0 Å². The first-order chi connectivity index (χ1) is 11.2. The quantitative estimate of drug-likeness (QED) is 0.570. The number of carbonyl (C=O) groups excluding carboxylic acids is 1. The number of sulfonamides is 1. The Labute approximate surface area is 163 Å². The van der Waals surface area contributed by atoms with E-state index in [0.717, 1.165) is 4.31 Å². The lowest BCUT2D eigenvalue weighted by Gasteiger charge is -2.29. The predicted octanol–water partition coefficient (Wildman–Crippen LogP) is 5.11. The van der Waals surface area contributed by atoms with E-state index in [1.165, 1.54) is 25.1 Å². The average molecular weight is 472 g/mol. The van der Waals surface area contributed by atoms with E-state index in [9.17, 15) is 13.2 Å². The highest BCUT2D eigenvalue weighted by Gasteiger charge is 2.34. The van der Waals surface area contributed by atoms with E-state index in [4.69, 9.17) is 34.8 Å². The Kier molecular flexibility index (Phi) is 6.20. The van der Waals surface area contributed by atoms with Crippen LogP contribution in [0.2, 0.25) is 10.0 Å². The van der Waals surface area contributed by atoms with Crippen molar-refractivity contribution >= 4 is 71.7 Å². The topological polar surface area (TPSA) is 54.5 Å². The average Bonchev–Trinajstić information content (AvgIpc) is 2.51. The molecule has 4 nitrogen and oxygen atoms in total. The van der Waals surface area contributed by atoms with Crippen molar-refractivity contribution in [1.82, 2.24) is 0 Å². The van der Waals surface area contributed by atoms with Gasteiger partial charge in [0.15, 0.2) is 0 Å². The van der Waals surface area contributed by atoms with E-state index < -0.39 is 21.3 Å². The van der Waals surface area contributed by atoms with Gasteiger partial charge >= 0.3 is 0 Å². The Morgan fingerprint density at radius 1 is 1.12 bits per heavy atom. The van der Waals surface area contributed by atoms with E-state index in [0.29, 0.717) is 4.47 Å². The standard InChI is InChI=1S/C15H11BrCl3NO3S/c1-9(15(19)21)20(14-5-3-2-4-11(14)16)24(22,23)10-6-7-12(17)13(18)8-10/h2-9H,1H3. The summed E-state index contributed by atoms with van der Waals surface area (Å²) in [6.07, 6.45) is 0. The summed E-state index contributed by atoms with van der Waals surface area (Å²) in [4.78, 5) is 11.6. The van der Waals surface area contributed by atoms with Crippen LogP contribution in [0.5, 0.6) is 0 Å². The van der Waals surface area contributed by atoms with E-state index >= 15 is 0 Å². The first-order valence-corrected chi connectivity index (χ1v) is 9.96. The lowest BCUT2D eigenvalue weighted by molar-refractivity contribution is -0.112. The molecule has 128 valence electrons. The van der Waals surface area contributed by atoms with Gasteiger partial charge in [-0.25, -0.2) is 8.42 Å². The van der Waals surface area contributed by atoms with Crippen LogP contribution in [-0.2, 0) is 14.8 Å². The number of hydrogen-bond acceptors (Lipinski definition) is 3. The summed E-state index contributed by atoms with van der Waals surface area (Å²) in [5.74, 6) is 0. The smallest absolute Gasteiger partial charge is 0.265 e. The Hall–Kier alpha value is -0.790. The number of anilines is 1. The molecular formula is C15H11BrCl3NO3S. The first-order valence-electron chi connectivity index (χ1n) is 6.59. The molecule has 2 rings (SSSR count). The number of nitrogens with zero attached hydrogens (tertiary/aromatic N) is 1. The highest BCUT2D eigenvalue weighted by Crippen LogP contribution is 2.34. The maximum absolute atomic E-state index is 13.1. The van der Waals surface area contributed by atoms with Gasteiger partial charge in [-0.15, -0.1) is 0 Å². The summed E-state index contributed by atoms with van der Waals surface area (Å²) in [6.45, 7) is 1.41. The van der Waals surface area contributed by atoms with Crippen LogP contribution < -0.4 is 4.31 Å². The number of rotatable bonds is 5. The Bertz CT molecular complexity index is 889. The predicted molar refractivity (Wildman–Crippen MR) is 101 cm³/mol. The van der Waals surface area contributed by atoms with Crippen molar-refractivity contribution in [2.24, 2.45) is 0 Å². The van der Waals surface area contributed by atoms with Gasteiger partial charge in [-0.1, -0.05) is 35.3 Å². The number of benzene rings is 2. The number of carbonyl (C=O) groups is 1. The summed E-state index contributed by atoms with van der Waals surface area (Å²) in [5.41, 5.74) is 0.282. The number of halogens is 4. The first kappa shape index (κ1) is 19.5. The van der Waals surface area contributed by atoms with Gasteiger partial charge < -0.3 is 0 Å². The fraction of sp³-hybridized carbons (Fsp3) is 0.133. The van der Waals surface area contributed by atoms with E-state index in [1.54, 1.807) is 24.3 Å². The highest BCUT2D eigenvalue weighted by atomic mass is 79.9. The molecule has 1 atom stereocenters. The molecule has 0 saturated carbocycles. The monoisotopic (exact) mass is 469 g/mol. The maximum Gasteiger partial charge on any atom is 0.265 e. The number of para-hydroxylation sites is 1. The summed E-state index contributed by atoms with van der Waals surface area (Å²) in [6, 6.07) is 9.42. The Balaban J connectivity index is 2.68. The zero-order valence-electron chi connectivity index (χ0n) is 12.2. The van der Waals surface area contributed by atoms with Crippen molar-refractivity contribution in [2.45, 2.75) is 17.9 Å². The van der Waals surface area contributed by atoms with Gasteiger partial charge in [-0.3, -0.25) is 9.10 Å². The molecular weight excluding hydrogens is 460 g/mol. The molecule has 0 heterocycles. The third-order valence-corrected chi connectivity index (χ3v) is 6.82. The third-order valence-electron chi connectivity index (χ3n) is 3.22. The fourth-order valence-electron chi connectivity index (χ4n) is 2.02. The van der Waals surface area contributed by atoms with Crippen molar-refractivity contribution in [3.05, 3.63) is 57.0 Å². The normalized spacial score (nSPS) is 12.7. The Morgan fingerprint density at radius 3 is 2.29 bits per heavy atom. The molecule has 0 aromatic heterocycles.